The Hall–Kier alpha value is -2.85. The van der Waals surface area contributed by atoms with Gasteiger partial charge in [-0.15, -0.1) is 0 Å². The summed E-state index contributed by atoms with van der Waals surface area (Å²) in [6.45, 7) is 1.48. The first-order valence-corrected chi connectivity index (χ1v) is 9.45. The Kier molecular flexibility index (Phi) is 5.78. The van der Waals surface area contributed by atoms with Crippen LogP contribution in [0.3, 0.4) is 0 Å². The zero-order valence-electron chi connectivity index (χ0n) is 14.1. The van der Waals surface area contributed by atoms with Crippen LogP contribution in [0.4, 0.5) is 11.4 Å². The molecule has 0 heterocycles. The molecule has 0 fully saturated rings. The van der Waals surface area contributed by atoms with Gasteiger partial charge in [-0.25, -0.2) is 8.42 Å². The molecule has 130 valence electrons. The lowest BCUT2D eigenvalue weighted by atomic mass is 10.1. The standard InChI is InChI=1S/C18H19N3O3S/c1-14-5-3-4-6-17(14)21(25(2,23)24)13-18(22)20-16-9-7-15(8-10-16)11-12-19/h3-10H,11,13H2,1-2H3,(H,20,22). The van der Waals surface area contributed by atoms with Crippen LogP contribution in [0, 0.1) is 18.3 Å². The molecule has 25 heavy (non-hydrogen) atoms. The van der Waals surface area contributed by atoms with E-state index in [1.54, 1.807) is 49.4 Å². The zero-order chi connectivity index (χ0) is 18.4. The van der Waals surface area contributed by atoms with Gasteiger partial charge in [-0.3, -0.25) is 9.10 Å². The van der Waals surface area contributed by atoms with Gasteiger partial charge in [-0.1, -0.05) is 30.3 Å². The number of carbonyl (C=O) groups excluding carboxylic acids is 1. The number of rotatable bonds is 6. The van der Waals surface area contributed by atoms with Crippen LogP contribution in [0.1, 0.15) is 11.1 Å². The summed E-state index contributed by atoms with van der Waals surface area (Å²) in [6.07, 6.45) is 1.37. The number of sulfonamides is 1. The molecule has 0 atom stereocenters. The van der Waals surface area contributed by atoms with Crippen LogP contribution in [-0.2, 0) is 21.2 Å². The van der Waals surface area contributed by atoms with E-state index >= 15 is 0 Å². The summed E-state index contributed by atoms with van der Waals surface area (Å²) in [5, 5.41) is 11.3. The number of hydrogen-bond donors (Lipinski definition) is 1. The first-order valence-electron chi connectivity index (χ1n) is 7.60. The highest BCUT2D eigenvalue weighted by Crippen LogP contribution is 2.22. The van der Waals surface area contributed by atoms with E-state index < -0.39 is 15.9 Å². The molecule has 0 unspecified atom stereocenters. The molecule has 7 heteroatoms. The fraction of sp³-hybridized carbons (Fsp3) is 0.222. The van der Waals surface area contributed by atoms with Crippen molar-refractivity contribution < 1.29 is 13.2 Å². The number of para-hydroxylation sites is 1. The Morgan fingerprint density at radius 3 is 2.36 bits per heavy atom. The van der Waals surface area contributed by atoms with Crippen molar-refractivity contribution in [1.82, 2.24) is 0 Å². The van der Waals surface area contributed by atoms with Crippen LogP contribution in [0.15, 0.2) is 48.5 Å². The van der Waals surface area contributed by atoms with E-state index in [9.17, 15) is 13.2 Å². The van der Waals surface area contributed by atoms with Gasteiger partial charge in [0, 0.05) is 5.69 Å². The fourth-order valence-corrected chi connectivity index (χ4v) is 3.27. The quantitative estimate of drug-likeness (QED) is 0.860. The summed E-state index contributed by atoms with van der Waals surface area (Å²) >= 11 is 0. The number of anilines is 2. The number of nitrogens with one attached hydrogen (secondary N) is 1. The Morgan fingerprint density at radius 2 is 1.80 bits per heavy atom. The van der Waals surface area contributed by atoms with Crippen LogP contribution in [0.2, 0.25) is 0 Å². The number of benzene rings is 2. The SMILES string of the molecule is Cc1ccccc1N(CC(=O)Nc1ccc(CC#N)cc1)S(C)(=O)=O. The third-order valence-corrected chi connectivity index (χ3v) is 4.72. The Balaban J connectivity index is 2.15. The highest BCUT2D eigenvalue weighted by atomic mass is 32.2. The van der Waals surface area contributed by atoms with Crippen molar-refractivity contribution in [2.45, 2.75) is 13.3 Å². The van der Waals surface area contributed by atoms with E-state index in [-0.39, 0.29) is 6.54 Å². The van der Waals surface area contributed by atoms with E-state index in [1.165, 1.54) is 0 Å². The minimum Gasteiger partial charge on any atom is -0.325 e. The second kappa shape index (κ2) is 7.81. The molecule has 0 aromatic heterocycles. The first-order chi connectivity index (χ1) is 11.8. The van der Waals surface area contributed by atoms with Crippen molar-refractivity contribution in [2.75, 3.05) is 22.4 Å². The highest BCUT2D eigenvalue weighted by molar-refractivity contribution is 7.92. The molecule has 0 aliphatic carbocycles. The zero-order valence-corrected chi connectivity index (χ0v) is 14.9. The minimum absolute atomic E-state index is 0.295. The summed E-state index contributed by atoms with van der Waals surface area (Å²) in [5.74, 6) is -0.443. The average molecular weight is 357 g/mol. The third kappa shape index (κ3) is 5.06. The lowest BCUT2D eigenvalue weighted by Gasteiger charge is -2.23. The van der Waals surface area contributed by atoms with Gasteiger partial charge in [0.05, 0.1) is 24.4 Å². The maximum absolute atomic E-state index is 12.3. The Morgan fingerprint density at radius 1 is 1.16 bits per heavy atom. The minimum atomic E-state index is -3.61. The lowest BCUT2D eigenvalue weighted by Crippen LogP contribution is -2.37. The lowest BCUT2D eigenvalue weighted by molar-refractivity contribution is -0.114. The van der Waals surface area contributed by atoms with Crippen LogP contribution >= 0.6 is 0 Å². The van der Waals surface area contributed by atoms with Crippen molar-refractivity contribution in [2.24, 2.45) is 0 Å². The first kappa shape index (κ1) is 18.5. The smallest absolute Gasteiger partial charge is 0.245 e. The molecule has 0 radical (unpaired) electrons. The third-order valence-electron chi connectivity index (χ3n) is 3.59. The van der Waals surface area contributed by atoms with Gasteiger partial charge in [0.15, 0.2) is 0 Å². The molecule has 2 aromatic carbocycles. The van der Waals surface area contributed by atoms with Crippen molar-refractivity contribution in [3.8, 4) is 6.07 Å². The molecular weight excluding hydrogens is 338 g/mol. The van der Waals surface area contributed by atoms with E-state index in [0.29, 0.717) is 17.8 Å². The number of aryl methyl sites for hydroxylation is 1. The molecule has 0 aliphatic rings. The van der Waals surface area contributed by atoms with E-state index in [1.807, 2.05) is 12.1 Å². The maximum atomic E-state index is 12.3. The predicted molar refractivity (Wildman–Crippen MR) is 97.8 cm³/mol. The van der Waals surface area contributed by atoms with Gasteiger partial charge in [-0.05, 0) is 36.2 Å². The predicted octanol–water partition coefficient (Wildman–Crippen LogP) is 2.47. The number of amides is 1. The van der Waals surface area contributed by atoms with Crippen LogP contribution in [-0.4, -0.2) is 27.1 Å². The normalized spacial score (nSPS) is 10.8. The molecule has 2 aromatic rings. The van der Waals surface area contributed by atoms with E-state index in [2.05, 4.69) is 5.32 Å². The van der Waals surface area contributed by atoms with Crippen molar-refractivity contribution in [3.05, 3.63) is 59.7 Å². The fourth-order valence-electron chi connectivity index (χ4n) is 2.35. The average Bonchev–Trinajstić information content (AvgIpc) is 2.55. The van der Waals surface area contributed by atoms with Crippen LogP contribution in [0.25, 0.3) is 0 Å². The van der Waals surface area contributed by atoms with Gasteiger partial charge in [0.1, 0.15) is 6.54 Å². The Bertz CT molecular complexity index is 900. The summed E-state index contributed by atoms with van der Waals surface area (Å²) < 4.78 is 25.3. The molecule has 1 N–H and O–H groups in total. The highest BCUT2D eigenvalue weighted by Gasteiger charge is 2.22. The largest absolute Gasteiger partial charge is 0.325 e. The van der Waals surface area contributed by atoms with Gasteiger partial charge in [0.25, 0.3) is 0 Å². The summed E-state index contributed by atoms with van der Waals surface area (Å²) in [6, 6.07) is 15.9. The summed E-state index contributed by atoms with van der Waals surface area (Å²) in [4.78, 5) is 12.3. The number of hydrogen-bond acceptors (Lipinski definition) is 4. The molecular formula is C18H19N3O3S. The maximum Gasteiger partial charge on any atom is 0.245 e. The van der Waals surface area contributed by atoms with Crippen molar-refractivity contribution in [1.29, 1.82) is 5.26 Å². The monoisotopic (exact) mass is 357 g/mol. The Labute approximate surface area is 147 Å². The molecule has 1 amide bonds. The van der Waals surface area contributed by atoms with Crippen molar-refractivity contribution >= 4 is 27.3 Å². The number of carbonyl (C=O) groups is 1. The number of nitriles is 1. The van der Waals surface area contributed by atoms with Gasteiger partial charge >= 0.3 is 0 Å². The van der Waals surface area contributed by atoms with E-state index in [4.69, 9.17) is 5.26 Å². The molecule has 0 spiro atoms. The molecule has 6 nitrogen and oxygen atoms in total. The molecule has 0 saturated carbocycles. The van der Waals surface area contributed by atoms with E-state index in [0.717, 1.165) is 21.7 Å². The second-order valence-corrected chi connectivity index (χ2v) is 7.54. The molecule has 2 rings (SSSR count). The molecule has 0 saturated heterocycles. The van der Waals surface area contributed by atoms with Gasteiger partial charge in [0.2, 0.25) is 15.9 Å². The summed E-state index contributed by atoms with van der Waals surface area (Å²) in [7, 11) is -3.61. The summed E-state index contributed by atoms with van der Waals surface area (Å²) in [5.41, 5.74) is 2.63. The van der Waals surface area contributed by atoms with Crippen LogP contribution in [0.5, 0.6) is 0 Å². The molecule has 0 bridgehead atoms. The van der Waals surface area contributed by atoms with Gasteiger partial charge < -0.3 is 5.32 Å². The topological polar surface area (TPSA) is 90.3 Å². The van der Waals surface area contributed by atoms with Crippen molar-refractivity contribution in [3.63, 3.8) is 0 Å². The second-order valence-electron chi connectivity index (χ2n) is 5.64. The van der Waals surface area contributed by atoms with Crippen LogP contribution < -0.4 is 9.62 Å². The van der Waals surface area contributed by atoms with Gasteiger partial charge in [-0.2, -0.15) is 5.26 Å². The molecule has 0 aliphatic heterocycles. The number of nitrogens with zero attached hydrogens (tertiary/aromatic N) is 2.